The average molecular weight is 473 g/mol. The fourth-order valence-electron chi connectivity index (χ4n) is 8.54. The summed E-state index contributed by atoms with van der Waals surface area (Å²) in [5.74, 6) is 0.480. The normalized spacial score (nSPS) is 41.4. The van der Waals surface area contributed by atoms with E-state index < -0.39 is 11.5 Å². The van der Waals surface area contributed by atoms with E-state index in [0.29, 0.717) is 19.3 Å². The van der Waals surface area contributed by atoms with Crippen LogP contribution in [0.2, 0.25) is 0 Å². The molecule has 0 heterocycles. The molecule has 5 nitrogen and oxygen atoms in total. The third-order valence-electron chi connectivity index (χ3n) is 10.8. The first kappa shape index (κ1) is 25.8. The molecule has 0 unspecified atom stereocenters. The van der Waals surface area contributed by atoms with E-state index in [2.05, 4.69) is 27.7 Å². The zero-order valence-corrected chi connectivity index (χ0v) is 21.9. The molecule has 0 amide bonds. The quantitative estimate of drug-likeness (QED) is 0.520. The molecule has 0 bridgehead atoms. The lowest BCUT2D eigenvalue weighted by atomic mass is 9.45. The fourth-order valence-corrected chi connectivity index (χ4v) is 8.54. The lowest BCUT2D eigenvalue weighted by Gasteiger charge is -2.59. The van der Waals surface area contributed by atoms with E-state index in [1.54, 1.807) is 7.11 Å². The monoisotopic (exact) mass is 472 g/mol. The van der Waals surface area contributed by atoms with Crippen molar-refractivity contribution in [1.29, 1.82) is 0 Å². The first-order valence-corrected chi connectivity index (χ1v) is 13.3. The van der Waals surface area contributed by atoms with Gasteiger partial charge in [-0.15, -0.1) is 0 Å². The molecule has 0 radical (unpaired) electrons. The van der Waals surface area contributed by atoms with Gasteiger partial charge in [-0.2, -0.15) is 0 Å². The molecule has 5 heteroatoms. The van der Waals surface area contributed by atoms with Crippen LogP contribution >= 0.6 is 0 Å². The second-order valence-electron chi connectivity index (χ2n) is 12.1. The first-order chi connectivity index (χ1) is 16.0. The Morgan fingerprint density at radius 2 is 1.88 bits per heavy atom. The Labute approximate surface area is 205 Å². The smallest absolute Gasteiger partial charge is 0.166 e. The lowest BCUT2D eigenvalue weighted by Crippen LogP contribution is -2.53. The third-order valence-corrected chi connectivity index (χ3v) is 10.8. The summed E-state index contributed by atoms with van der Waals surface area (Å²) in [6.07, 6.45) is 7.35. The highest BCUT2D eigenvalue weighted by Gasteiger charge is 2.63. The summed E-state index contributed by atoms with van der Waals surface area (Å²) in [6, 6.07) is 0. The number of allylic oxidation sites excluding steroid dienone is 4. The molecule has 190 valence electrons. The molecule has 1 fully saturated rings. The average Bonchev–Trinajstić information content (AvgIpc) is 3.01. The Hall–Kier alpha value is -1.30. The first-order valence-electron chi connectivity index (χ1n) is 13.3. The summed E-state index contributed by atoms with van der Waals surface area (Å²) in [5.41, 5.74) is 2.94. The maximum absolute atomic E-state index is 13.8. The number of ether oxygens (including phenoxy) is 1. The number of methoxy groups -OCH3 is 1. The summed E-state index contributed by atoms with van der Waals surface area (Å²) in [7, 11) is 1.59. The standard InChI is InChI=1S/C29H44O5/c1-7-25(34-6)24(32)14-17(2)22-15-26(33)29(5)21-9-8-19-18(16-30)23(31)11-12-27(19,3)20(21)10-13-28(22,29)4/h15,17-19,23,25,30-31H,7-14,16H2,1-6H3/t17-,18-,19-,23+,25-,27+,28-,29-/m1/s1. The van der Waals surface area contributed by atoms with Gasteiger partial charge in [-0.05, 0) is 75.2 Å². The number of Topliss-reactive ketones (excluding diaryl/α,β-unsaturated/α-hetero) is 1. The van der Waals surface area contributed by atoms with E-state index in [0.717, 1.165) is 37.7 Å². The fraction of sp³-hybridized carbons (Fsp3) is 0.793. The molecule has 0 aromatic carbocycles. The van der Waals surface area contributed by atoms with Gasteiger partial charge in [0.05, 0.1) is 11.5 Å². The molecule has 1 saturated carbocycles. The van der Waals surface area contributed by atoms with Gasteiger partial charge in [0, 0.05) is 31.5 Å². The number of carbonyl (C=O) groups is 2. The summed E-state index contributed by atoms with van der Waals surface area (Å²) >= 11 is 0. The highest BCUT2D eigenvalue weighted by atomic mass is 16.5. The van der Waals surface area contributed by atoms with Gasteiger partial charge in [0.2, 0.25) is 0 Å². The van der Waals surface area contributed by atoms with Gasteiger partial charge in [-0.3, -0.25) is 9.59 Å². The molecule has 4 aliphatic carbocycles. The molecule has 34 heavy (non-hydrogen) atoms. The van der Waals surface area contributed by atoms with E-state index >= 15 is 0 Å². The number of aliphatic hydroxyl groups excluding tert-OH is 2. The molecule has 8 atom stereocenters. The molecule has 2 N–H and O–H groups in total. The molecule has 0 saturated heterocycles. The second kappa shape index (κ2) is 8.97. The van der Waals surface area contributed by atoms with Crippen molar-refractivity contribution in [2.45, 2.75) is 98.2 Å². The van der Waals surface area contributed by atoms with Crippen LogP contribution in [0.15, 0.2) is 22.8 Å². The molecule has 4 rings (SSSR count). The van der Waals surface area contributed by atoms with Crippen LogP contribution in [0.3, 0.4) is 0 Å². The Bertz CT molecular complexity index is 913. The minimum atomic E-state index is -0.572. The zero-order valence-electron chi connectivity index (χ0n) is 21.9. The van der Waals surface area contributed by atoms with Crippen molar-refractivity contribution in [2.24, 2.45) is 34.0 Å². The van der Waals surface area contributed by atoms with Crippen molar-refractivity contribution in [3.63, 3.8) is 0 Å². The summed E-state index contributed by atoms with van der Waals surface area (Å²) < 4.78 is 5.38. The van der Waals surface area contributed by atoms with Gasteiger partial charge in [-0.1, -0.05) is 44.4 Å². The number of ketones is 2. The van der Waals surface area contributed by atoms with Crippen molar-refractivity contribution in [3.8, 4) is 0 Å². The van der Waals surface area contributed by atoms with Crippen LogP contribution < -0.4 is 0 Å². The highest BCUT2D eigenvalue weighted by molar-refractivity contribution is 6.02. The minimum absolute atomic E-state index is 0.00477. The molecule has 4 aliphatic rings. The predicted molar refractivity (Wildman–Crippen MR) is 132 cm³/mol. The minimum Gasteiger partial charge on any atom is -0.396 e. The summed E-state index contributed by atoms with van der Waals surface area (Å²) in [6.45, 7) is 10.8. The van der Waals surface area contributed by atoms with Gasteiger partial charge < -0.3 is 14.9 Å². The zero-order chi connectivity index (χ0) is 25.1. The molecule has 0 aromatic heterocycles. The number of rotatable bonds is 7. The Balaban J connectivity index is 1.68. The second-order valence-corrected chi connectivity index (χ2v) is 12.1. The van der Waals surface area contributed by atoms with Gasteiger partial charge in [0.1, 0.15) is 6.10 Å². The molecular formula is C29H44O5. The van der Waals surface area contributed by atoms with Crippen LogP contribution in [-0.2, 0) is 14.3 Å². The number of aliphatic hydroxyl groups is 2. The third kappa shape index (κ3) is 3.44. The molecule has 0 aliphatic heterocycles. The Morgan fingerprint density at radius 3 is 2.50 bits per heavy atom. The molecular weight excluding hydrogens is 428 g/mol. The van der Waals surface area contributed by atoms with Crippen LogP contribution in [0.4, 0.5) is 0 Å². The molecule has 0 spiro atoms. The van der Waals surface area contributed by atoms with Crippen LogP contribution in [0.25, 0.3) is 0 Å². The van der Waals surface area contributed by atoms with Crippen molar-refractivity contribution in [3.05, 3.63) is 22.8 Å². The predicted octanol–water partition coefficient (Wildman–Crippen LogP) is 4.80. The van der Waals surface area contributed by atoms with Crippen LogP contribution in [0, 0.1) is 34.0 Å². The van der Waals surface area contributed by atoms with E-state index in [9.17, 15) is 19.8 Å². The SMILES string of the molecule is CC[C@@H](OC)C(=O)C[C@@H](C)C1=CC(=O)[C@@]2(C)C3=C(CC[C@]12C)[C@@]1(C)CC[C@H](O)[C@H](CO)[C@H]1CC3. The van der Waals surface area contributed by atoms with Crippen molar-refractivity contribution < 1.29 is 24.5 Å². The van der Waals surface area contributed by atoms with E-state index in [4.69, 9.17) is 4.74 Å². The molecule has 0 aromatic rings. The maximum Gasteiger partial charge on any atom is 0.166 e. The lowest BCUT2D eigenvalue weighted by molar-refractivity contribution is -0.129. The largest absolute Gasteiger partial charge is 0.396 e. The van der Waals surface area contributed by atoms with Gasteiger partial charge >= 0.3 is 0 Å². The maximum atomic E-state index is 13.8. The van der Waals surface area contributed by atoms with Gasteiger partial charge in [0.15, 0.2) is 11.6 Å². The van der Waals surface area contributed by atoms with Crippen molar-refractivity contribution >= 4 is 11.6 Å². The summed E-state index contributed by atoms with van der Waals surface area (Å²) in [4.78, 5) is 26.6. The Morgan fingerprint density at radius 1 is 1.18 bits per heavy atom. The van der Waals surface area contributed by atoms with Gasteiger partial charge in [-0.25, -0.2) is 0 Å². The Kier molecular flexibility index (Phi) is 6.81. The van der Waals surface area contributed by atoms with Crippen LogP contribution in [-0.4, -0.2) is 47.7 Å². The van der Waals surface area contributed by atoms with Crippen molar-refractivity contribution in [1.82, 2.24) is 0 Å². The van der Waals surface area contributed by atoms with Crippen LogP contribution in [0.1, 0.15) is 86.0 Å². The highest BCUT2D eigenvalue weighted by Crippen LogP contribution is 2.69. The van der Waals surface area contributed by atoms with Gasteiger partial charge in [0.25, 0.3) is 0 Å². The van der Waals surface area contributed by atoms with E-state index in [1.807, 2.05) is 13.0 Å². The number of hydrogen-bond donors (Lipinski definition) is 2. The summed E-state index contributed by atoms with van der Waals surface area (Å²) in [5, 5.41) is 20.6. The topological polar surface area (TPSA) is 83.8 Å². The number of carbonyl (C=O) groups excluding carboxylic acids is 2. The van der Waals surface area contributed by atoms with E-state index in [1.165, 1.54) is 11.1 Å². The van der Waals surface area contributed by atoms with Crippen molar-refractivity contribution in [2.75, 3.05) is 13.7 Å². The van der Waals surface area contributed by atoms with E-state index in [-0.39, 0.29) is 52.9 Å². The van der Waals surface area contributed by atoms with Crippen LogP contribution in [0.5, 0.6) is 0 Å². The number of fused-ring (bicyclic) bond motifs is 4. The number of hydrogen-bond acceptors (Lipinski definition) is 5.